The number of H-pyrrole nitrogens is 1. The van der Waals surface area contributed by atoms with Crippen molar-refractivity contribution in [2.45, 2.75) is 6.54 Å². The average Bonchev–Trinajstić information content (AvgIpc) is 3.19. The van der Waals surface area contributed by atoms with Crippen LogP contribution in [0.1, 0.15) is 5.82 Å². The van der Waals surface area contributed by atoms with Crippen LogP contribution in [0.2, 0.25) is 0 Å². The molecule has 0 fully saturated rings. The van der Waals surface area contributed by atoms with Gasteiger partial charge in [-0.2, -0.15) is 5.10 Å². The van der Waals surface area contributed by atoms with Crippen LogP contribution in [0.4, 0.5) is 5.69 Å². The van der Waals surface area contributed by atoms with Crippen LogP contribution in [0.5, 0.6) is 0 Å². The third-order valence-corrected chi connectivity index (χ3v) is 4.31. The summed E-state index contributed by atoms with van der Waals surface area (Å²) >= 11 is 5.35. The molecule has 0 atom stereocenters. The number of aromatic nitrogens is 4. The number of benzene rings is 2. The fourth-order valence-electron chi connectivity index (χ4n) is 2.87. The summed E-state index contributed by atoms with van der Waals surface area (Å²) in [5.74, 6) is 0.757. The molecule has 0 bridgehead atoms. The van der Waals surface area contributed by atoms with Crippen molar-refractivity contribution in [2.75, 3.05) is 0 Å². The maximum atomic E-state index is 10.9. The van der Waals surface area contributed by atoms with Crippen LogP contribution < -0.4 is 0 Å². The van der Waals surface area contributed by atoms with Crippen LogP contribution in [0.3, 0.4) is 0 Å². The average molecular weight is 351 g/mol. The highest BCUT2D eigenvalue weighted by Crippen LogP contribution is 2.23. The SMILES string of the molecule is O=[N+]([O-])c1ccc2c(ccn2Cc2n[nH]c(=S)n2-c2ccccc2)c1. The van der Waals surface area contributed by atoms with Crippen LogP contribution >= 0.6 is 12.2 Å². The van der Waals surface area contributed by atoms with Crippen LogP contribution in [0, 0.1) is 14.9 Å². The van der Waals surface area contributed by atoms with Gasteiger partial charge in [0.2, 0.25) is 0 Å². The van der Waals surface area contributed by atoms with Crippen molar-refractivity contribution in [2.24, 2.45) is 0 Å². The topological polar surface area (TPSA) is 81.7 Å². The molecule has 0 aliphatic rings. The van der Waals surface area contributed by atoms with E-state index in [4.69, 9.17) is 12.2 Å². The van der Waals surface area contributed by atoms with Crippen molar-refractivity contribution in [3.8, 4) is 5.69 Å². The van der Waals surface area contributed by atoms with E-state index < -0.39 is 4.92 Å². The molecule has 0 unspecified atom stereocenters. The summed E-state index contributed by atoms with van der Waals surface area (Å²) < 4.78 is 4.39. The number of aromatic amines is 1. The number of para-hydroxylation sites is 1. The van der Waals surface area contributed by atoms with Crippen molar-refractivity contribution in [1.82, 2.24) is 19.3 Å². The van der Waals surface area contributed by atoms with E-state index in [1.54, 1.807) is 12.1 Å². The zero-order chi connectivity index (χ0) is 17.4. The molecular weight excluding hydrogens is 338 g/mol. The van der Waals surface area contributed by atoms with Crippen LogP contribution in [0.25, 0.3) is 16.6 Å². The molecule has 0 radical (unpaired) electrons. The first kappa shape index (κ1) is 15.3. The van der Waals surface area contributed by atoms with Gasteiger partial charge >= 0.3 is 0 Å². The molecular formula is C17H13N5O2S. The number of rotatable bonds is 4. The molecule has 25 heavy (non-hydrogen) atoms. The summed E-state index contributed by atoms with van der Waals surface area (Å²) in [5, 5.41) is 18.9. The zero-order valence-electron chi connectivity index (χ0n) is 13.0. The predicted octanol–water partition coefficient (Wildman–Crippen LogP) is 3.84. The van der Waals surface area contributed by atoms with E-state index in [1.807, 2.05) is 51.7 Å². The summed E-state index contributed by atoms with van der Waals surface area (Å²) in [5.41, 5.74) is 1.92. The van der Waals surface area contributed by atoms with Gasteiger partial charge in [0.15, 0.2) is 10.6 Å². The lowest BCUT2D eigenvalue weighted by atomic mass is 10.2. The van der Waals surface area contributed by atoms with E-state index in [0.29, 0.717) is 11.3 Å². The van der Waals surface area contributed by atoms with Gasteiger partial charge in [-0.15, -0.1) is 0 Å². The Morgan fingerprint density at radius 1 is 1.16 bits per heavy atom. The third kappa shape index (κ3) is 2.72. The van der Waals surface area contributed by atoms with Gasteiger partial charge in [0.05, 0.1) is 11.5 Å². The number of hydrogen-bond acceptors (Lipinski definition) is 4. The van der Waals surface area contributed by atoms with Gasteiger partial charge in [-0.1, -0.05) is 18.2 Å². The highest BCUT2D eigenvalue weighted by Gasteiger charge is 2.12. The second kappa shape index (κ2) is 5.99. The molecule has 4 rings (SSSR count). The zero-order valence-corrected chi connectivity index (χ0v) is 13.8. The molecule has 0 saturated heterocycles. The van der Waals surface area contributed by atoms with Gasteiger partial charge in [0.25, 0.3) is 5.69 Å². The first-order chi connectivity index (χ1) is 12.1. The highest BCUT2D eigenvalue weighted by molar-refractivity contribution is 7.71. The Morgan fingerprint density at radius 2 is 1.96 bits per heavy atom. The fourth-order valence-corrected chi connectivity index (χ4v) is 3.13. The minimum absolute atomic E-state index is 0.0808. The summed E-state index contributed by atoms with van der Waals surface area (Å²) in [6.45, 7) is 0.489. The van der Waals surface area contributed by atoms with Gasteiger partial charge < -0.3 is 4.57 Å². The molecule has 0 saturated carbocycles. The second-order valence-corrected chi connectivity index (χ2v) is 5.95. The first-order valence-corrected chi connectivity index (χ1v) is 7.99. The van der Waals surface area contributed by atoms with E-state index in [2.05, 4.69) is 10.2 Å². The van der Waals surface area contributed by atoms with Crippen LogP contribution in [-0.2, 0) is 6.54 Å². The number of non-ortho nitro benzene ring substituents is 1. The van der Waals surface area contributed by atoms with Crippen molar-refractivity contribution >= 4 is 28.8 Å². The van der Waals surface area contributed by atoms with E-state index in [-0.39, 0.29) is 5.69 Å². The number of nitrogens with one attached hydrogen (secondary N) is 1. The minimum atomic E-state index is -0.392. The Balaban J connectivity index is 1.76. The summed E-state index contributed by atoms with van der Waals surface area (Å²) in [4.78, 5) is 10.5. The van der Waals surface area contributed by atoms with Crippen molar-refractivity contribution < 1.29 is 4.92 Å². The Kier molecular flexibility index (Phi) is 3.66. The summed E-state index contributed by atoms with van der Waals surface area (Å²) in [6.07, 6.45) is 1.89. The largest absolute Gasteiger partial charge is 0.340 e. The minimum Gasteiger partial charge on any atom is -0.340 e. The van der Waals surface area contributed by atoms with E-state index >= 15 is 0 Å². The monoisotopic (exact) mass is 351 g/mol. The lowest BCUT2D eigenvalue weighted by Gasteiger charge is -2.08. The Hall–Kier alpha value is -3.26. The maximum Gasteiger partial charge on any atom is 0.270 e. The van der Waals surface area contributed by atoms with Gasteiger partial charge in [0, 0.05) is 34.9 Å². The molecule has 2 aromatic carbocycles. The number of nitro benzene ring substituents is 1. The van der Waals surface area contributed by atoms with Crippen LogP contribution in [0.15, 0.2) is 60.8 Å². The maximum absolute atomic E-state index is 10.9. The molecule has 4 aromatic rings. The molecule has 0 spiro atoms. The fraction of sp³-hybridized carbons (Fsp3) is 0.0588. The van der Waals surface area contributed by atoms with Gasteiger partial charge in [-0.05, 0) is 36.5 Å². The van der Waals surface area contributed by atoms with Crippen molar-refractivity contribution in [1.29, 1.82) is 0 Å². The lowest BCUT2D eigenvalue weighted by molar-refractivity contribution is -0.384. The Morgan fingerprint density at radius 3 is 2.72 bits per heavy atom. The molecule has 8 heteroatoms. The molecule has 0 aliphatic heterocycles. The van der Waals surface area contributed by atoms with Gasteiger partial charge in [-0.3, -0.25) is 19.8 Å². The number of fused-ring (bicyclic) bond motifs is 1. The summed E-state index contributed by atoms with van der Waals surface area (Å²) in [6, 6.07) is 16.4. The molecule has 2 aromatic heterocycles. The van der Waals surface area contributed by atoms with Crippen LogP contribution in [-0.4, -0.2) is 24.3 Å². The number of nitrogens with zero attached hydrogens (tertiary/aromatic N) is 4. The molecule has 1 N–H and O–H groups in total. The Bertz CT molecular complexity index is 1130. The van der Waals surface area contributed by atoms with E-state index in [0.717, 1.165) is 22.4 Å². The molecule has 7 nitrogen and oxygen atoms in total. The van der Waals surface area contributed by atoms with Gasteiger partial charge in [0.1, 0.15) is 0 Å². The smallest absolute Gasteiger partial charge is 0.270 e. The quantitative estimate of drug-likeness (QED) is 0.344. The molecule has 124 valence electrons. The lowest BCUT2D eigenvalue weighted by Crippen LogP contribution is -2.07. The highest BCUT2D eigenvalue weighted by atomic mass is 32.1. The van der Waals surface area contributed by atoms with Gasteiger partial charge in [-0.25, -0.2) is 0 Å². The number of hydrogen-bond donors (Lipinski definition) is 1. The first-order valence-electron chi connectivity index (χ1n) is 7.58. The normalized spacial score (nSPS) is 11.0. The Labute approximate surface area is 147 Å². The molecule has 0 amide bonds. The standard InChI is InChI=1S/C17H13N5O2S/c23-22(24)14-6-7-15-12(10-14)8-9-20(15)11-16-18-19-17(25)21(16)13-4-2-1-3-5-13/h1-10H,11H2,(H,19,25). The van der Waals surface area contributed by atoms with Crippen molar-refractivity contribution in [3.63, 3.8) is 0 Å². The predicted molar refractivity (Wildman–Crippen MR) is 96.4 cm³/mol. The van der Waals surface area contributed by atoms with E-state index in [1.165, 1.54) is 6.07 Å². The molecule has 2 heterocycles. The van der Waals surface area contributed by atoms with Crippen molar-refractivity contribution in [3.05, 3.63) is 81.5 Å². The second-order valence-electron chi connectivity index (χ2n) is 5.56. The number of nitro groups is 1. The molecule has 0 aliphatic carbocycles. The summed E-state index contributed by atoms with van der Waals surface area (Å²) in [7, 11) is 0. The van der Waals surface area contributed by atoms with E-state index in [9.17, 15) is 10.1 Å². The third-order valence-electron chi connectivity index (χ3n) is 4.03.